The van der Waals surface area contributed by atoms with Gasteiger partial charge in [-0.2, -0.15) is 13.2 Å². The van der Waals surface area contributed by atoms with Gasteiger partial charge >= 0.3 is 12.0 Å². The minimum absolute atomic E-state index is 0.0217. The highest BCUT2D eigenvalue weighted by Gasteiger charge is 2.60. The van der Waals surface area contributed by atoms with E-state index < -0.39 is 12.0 Å². The Kier molecular flexibility index (Phi) is 1.90. The molecule has 1 aromatic carbocycles. The van der Waals surface area contributed by atoms with E-state index in [1.807, 2.05) is 0 Å². The third-order valence-corrected chi connectivity index (χ3v) is 2.23. The van der Waals surface area contributed by atoms with Crippen molar-refractivity contribution in [2.75, 3.05) is 0 Å². The molecular formula is C10H9F3O2. The molecule has 0 saturated heterocycles. The van der Waals surface area contributed by atoms with Gasteiger partial charge in [0.1, 0.15) is 0 Å². The van der Waals surface area contributed by atoms with Crippen LogP contribution >= 0.6 is 0 Å². The minimum atomic E-state index is -3.98. The molecule has 0 spiro atoms. The SMILES string of the molecule is Cc1cccc2c1OC(C)(F)C(F)(F)O2. The predicted molar refractivity (Wildman–Crippen MR) is 46.9 cm³/mol. The van der Waals surface area contributed by atoms with E-state index in [1.54, 1.807) is 13.0 Å². The van der Waals surface area contributed by atoms with Gasteiger partial charge in [-0.15, -0.1) is 0 Å². The number of hydrogen-bond acceptors (Lipinski definition) is 2. The van der Waals surface area contributed by atoms with Crippen molar-refractivity contribution in [3.05, 3.63) is 23.8 Å². The molecule has 2 nitrogen and oxygen atoms in total. The first-order chi connectivity index (χ1) is 6.83. The lowest BCUT2D eigenvalue weighted by Gasteiger charge is -2.35. The molecule has 0 saturated carbocycles. The van der Waals surface area contributed by atoms with Crippen LogP contribution in [0.5, 0.6) is 11.5 Å². The summed E-state index contributed by atoms with van der Waals surface area (Å²) in [5.41, 5.74) is 0.548. The summed E-state index contributed by atoms with van der Waals surface area (Å²) in [5, 5.41) is 0. The van der Waals surface area contributed by atoms with Gasteiger partial charge in [-0.25, -0.2) is 0 Å². The highest BCUT2D eigenvalue weighted by atomic mass is 19.3. The normalized spacial score (nSPS) is 27.5. The largest absolute Gasteiger partial charge is 0.471 e. The molecule has 0 fully saturated rings. The number of aryl methyl sites for hydroxylation is 1. The highest BCUT2D eigenvalue weighted by Crippen LogP contribution is 2.46. The van der Waals surface area contributed by atoms with Crippen molar-refractivity contribution in [2.45, 2.75) is 25.8 Å². The van der Waals surface area contributed by atoms with Crippen LogP contribution in [0.4, 0.5) is 13.2 Å². The summed E-state index contributed by atoms with van der Waals surface area (Å²) in [6, 6.07) is 4.47. The molecular weight excluding hydrogens is 209 g/mol. The molecule has 1 atom stereocenters. The maximum atomic E-state index is 13.4. The second-order valence-corrected chi connectivity index (χ2v) is 3.54. The quantitative estimate of drug-likeness (QED) is 0.666. The summed E-state index contributed by atoms with van der Waals surface area (Å²) < 4.78 is 48.5. The van der Waals surface area contributed by atoms with E-state index in [2.05, 4.69) is 9.47 Å². The molecule has 0 aliphatic carbocycles. The number of para-hydroxylation sites is 1. The summed E-state index contributed by atoms with van der Waals surface area (Å²) in [6.45, 7) is 2.27. The zero-order valence-electron chi connectivity index (χ0n) is 8.18. The molecule has 0 bridgehead atoms. The molecule has 15 heavy (non-hydrogen) atoms. The molecule has 82 valence electrons. The minimum Gasteiger partial charge on any atom is -0.445 e. The van der Waals surface area contributed by atoms with Crippen LogP contribution in [-0.4, -0.2) is 12.0 Å². The summed E-state index contributed by atoms with van der Waals surface area (Å²) in [5.74, 6) is -3.27. The Morgan fingerprint density at radius 3 is 2.47 bits per heavy atom. The second kappa shape index (κ2) is 2.81. The van der Waals surface area contributed by atoms with E-state index in [0.717, 1.165) is 0 Å². The molecule has 2 rings (SSSR count). The lowest BCUT2D eigenvalue weighted by molar-refractivity contribution is -0.332. The first-order valence-electron chi connectivity index (χ1n) is 4.38. The molecule has 1 aliphatic heterocycles. The van der Waals surface area contributed by atoms with Gasteiger partial charge < -0.3 is 9.47 Å². The zero-order chi connectivity index (χ0) is 11.3. The molecule has 0 N–H and O–H groups in total. The Labute approximate surface area is 84.6 Å². The number of alkyl halides is 3. The van der Waals surface area contributed by atoms with Crippen molar-refractivity contribution in [3.8, 4) is 11.5 Å². The highest BCUT2D eigenvalue weighted by molar-refractivity contribution is 5.47. The molecule has 5 heteroatoms. The van der Waals surface area contributed by atoms with Crippen LogP contribution in [0.15, 0.2) is 18.2 Å². The first kappa shape index (κ1) is 10.1. The average molecular weight is 218 g/mol. The first-order valence-corrected chi connectivity index (χ1v) is 4.38. The average Bonchev–Trinajstić information content (AvgIpc) is 2.08. The van der Waals surface area contributed by atoms with E-state index in [4.69, 9.17) is 0 Å². The van der Waals surface area contributed by atoms with Gasteiger partial charge in [0.2, 0.25) is 0 Å². The van der Waals surface area contributed by atoms with Gasteiger partial charge in [0.05, 0.1) is 0 Å². The second-order valence-electron chi connectivity index (χ2n) is 3.54. The zero-order valence-corrected chi connectivity index (χ0v) is 8.18. The van der Waals surface area contributed by atoms with Crippen LogP contribution in [-0.2, 0) is 0 Å². The topological polar surface area (TPSA) is 18.5 Å². The van der Waals surface area contributed by atoms with Gasteiger partial charge in [-0.05, 0) is 18.6 Å². The molecule has 1 aliphatic rings. The fourth-order valence-corrected chi connectivity index (χ4v) is 1.32. The molecule has 0 radical (unpaired) electrons. The third-order valence-electron chi connectivity index (χ3n) is 2.23. The Hall–Kier alpha value is -1.39. The van der Waals surface area contributed by atoms with Gasteiger partial charge in [-0.1, -0.05) is 12.1 Å². The number of rotatable bonds is 0. The van der Waals surface area contributed by atoms with Crippen molar-refractivity contribution >= 4 is 0 Å². The van der Waals surface area contributed by atoms with Crippen LogP contribution in [0.3, 0.4) is 0 Å². The van der Waals surface area contributed by atoms with Gasteiger partial charge in [0.25, 0.3) is 0 Å². The fourth-order valence-electron chi connectivity index (χ4n) is 1.32. The summed E-state index contributed by atoms with van der Waals surface area (Å²) >= 11 is 0. The number of ether oxygens (including phenoxy) is 2. The number of benzene rings is 1. The van der Waals surface area contributed by atoms with E-state index in [-0.39, 0.29) is 11.5 Å². The van der Waals surface area contributed by atoms with Gasteiger partial charge in [0.15, 0.2) is 11.5 Å². The fraction of sp³-hybridized carbons (Fsp3) is 0.400. The predicted octanol–water partition coefficient (Wildman–Crippen LogP) is 3.04. The molecule has 1 aromatic rings. The number of halogens is 3. The van der Waals surface area contributed by atoms with Gasteiger partial charge in [0, 0.05) is 6.92 Å². The maximum Gasteiger partial charge on any atom is 0.471 e. The van der Waals surface area contributed by atoms with E-state index in [1.165, 1.54) is 12.1 Å². The van der Waals surface area contributed by atoms with Gasteiger partial charge in [-0.3, -0.25) is 0 Å². The van der Waals surface area contributed by atoms with Crippen molar-refractivity contribution in [1.29, 1.82) is 0 Å². The van der Waals surface area contributed by atoms with E-state index >= 15 is 0 Å². The maximum absolute atomic E-state index is 13.4. The number of fused-ring (bicyclic) bond motifs is 1. The lowest BCUT2D eigenvalue weighted by atomic mass is 10.1. The Balaban J connectivity index is 2.52. The molecule has 1 heterocycles. The number of hydrogen-bond donors (Lipinski definition) is 0. The van der Waals surface area contributed by atoms with Crippen molar-refractivity contribution in [2.24, 2.45) is 0 Å². The van der Waals surface area contributed by atoms with E-state index in [9.17, 15) is 13.2 Å². The van der Waals surface area contributed by atoms with Crippen molar-refractivity contribution in [3.63, 3.8) is 0 Å². The molecule has 1 unspecified atom stereocenters. The van der Waals surface area contributed by atoms with Crippen molar-refractivity contribution in [1.82, 2.24) is 0 Å². The van der Waals surface area contributed by atoms with Crippen LogP contribution < -0.4 is 9.47 Å². The van der Waals surface area contributed by atoms with Crippen molar-refractivity contribution < 1.29 is 22.6 Å². The van der Waals surface area contributed by atoms with Crippen LogP contribution in [0.2, 0.25) is 0 Å². The van der Waals surface area contributed by atoms with E-state index in [0.29, 0.717) is 12.5 Å². The van der Waals surface area contributed by atoms with Crippen LogP contribution in [0.1, 0.15) is 12.5 Å². The Morgan fingerprint density at radius 1 is 1.13 bits per heavy atom. The standard InChI is InChI=1S/C10H9F3O2/c1-6-4-3-5-7-8(6)15-9(2,11)10(12,13)14-7/h3-5H,1-2H3. The monoisotopic (exact) mass is 218 g/mol. The Bertz CT molecular complexity index is 402. The smallest absolute Gasteiger partial charge is 0.445 e. The van der Waals surface area contributed by atoms with Crippen LogP contribution in [0.25, 0.3) is 0 Å². The third kappa shape index (κ3) is 1.42. The summed E-state index contributed by atoms with van der Waals surface area (Å²) in [6.07, 6.45) is -3.98. The molecule has 0 aromatic heterocycles. The molecule has 0 amide bonds. The lowest BCUT2D eigenvalue weighted by Crippen LogP contribution is -2.53. The summed E-state index contributed by atoms with van der Waals surface area (Å²) in [4.78, 5) is 0. The van der Waals surface area contributed by atoms with Crippen LogP contribution in [0, 0.1) is 6.92 Å². The Morgan fingerprint density at radius 2 is 1.80 bits per heavy atom. The summed E-state index contributed by atoms with van der Waals surface area (Å²) in [7, 11) is 0.